The van der Waals surface area contributed by atoms with Gasteiger partial charge in [0.1, 0.15) is 11.5 Å². The first-order valence-corrected chi connectivity index (χ1v) is 11.8. The zero-order valence-electron chi connectivity index (χ0n) is 17.6. The molecule has 1 N–H and O–H groups in total. The molecule has 5 nitrogen and oxygen atoms in total. The SMILES string of the molecule is CCC(=O)N1CCC(c2nc(C(=O)Nc3ccc(F)cc3-c3ccc(Cl)cc3)cs2)CC1. The lowest BCUT2D eigenvalue weighted by Crippen LogP contribution is -2.37. The van der Waals surface area contributed by atoms with Gasteiger partial charge < -0.3 is 10.2 Å². The zero-order chi connectivity index (χ0) is 22.7. The Bertz CT molecular complexity index is 1120. The van der Waals surface area contributed by atoms with Gasteiger partial charge in [0.25, 0.3) is 5.91 Å². The maximum Gasteiger partial charge on any atom is 0.275 e. The molecule has 1 fully saturated rings. The minimum absolute atomic E-state index is 0.179. The van der Waals surface area contributed by atoms with Crippen molar-refractivity contribution in [3.8, 4) is 11.1 Å². The third-order valence-electron chi connectivity index (χ3n) is 5.64. The molecule has 32 heavy (non-hydrogen) atoms. The molecule has 166 valence electrons. The molecule has 1 saturated heterocycles. The first kappa shape index (κ1) is 22.4. The van der Waals surface area contributed by atoms with E-state index in [1.165, 1.54) is 23.5 Å². The van der Waals surface area contributed by atoms with Crippen LogP contribution in [0.2, 0.25) is 5.02 Å². The molecule has 1 aromatic heterocycles. The van der Waals surface area contributed by atoms with E-state index in [2.05, 4.69) is 10.3 Å². The number of aromatic nitrogens is 1. The standard InChI is InChI=1S/C24H23ClFN3O2S/c1-2-22(30)29-11-9-16(10-12-29)24-28-21(14-32-24)23(31)27-20-8-7-18(26)13-19(20)15-3-5-17(25)6-4-15/h3-8,13-14,16H,2,9-12H2,1H3,(H,27,31). The second kappa shape index (κ2) is 9.79. The Labute approximate surface area is 195 Å². The molecule has 1 aliphatic heterocycles. The number of likely N-dealkylation sites (tertiary alicyclic amines) is 1. The number of rotatable bonds is 5. The maximum absolute atomic E-state index is 13.9. The van der Waals surface area contributed by atoms with Gasteiger partial charge in [0, 0.05) is 47.1 Å². The van der Waals surface area contributed by atoms with Crippen molar-refractivity contribution in [2.45, 2.75) is 32.1 Å². The number of carbonyl (C=O) groups is 2. The largest absolute Gasteiger partial charge is 0.343 e. The van der Waals surface area contributed by atoms with Crippen molar-refractivity contribution in [2.75, 3.05) is 18.4 Å². The molecule has 0 atom stereocenters. The summed E-state index contributed by atoms with van der Waals surface area (Å²) in [6.45, 7) is 3.32. The van der Waals surface area contributed by atoms with Gasteiger partial charge in [0.2, 0.25) is 5.91 Å². The van der Waals surface area contributed by atoms with Crippen LogP contribution in [0.25, 0.3) is 11.1 Å². The molecule has 2 aromatic carbocycles. The maximum atomic E-state index is 13.9. The van der Waals surface area contributed by atoms with Gasteiger partial charge in [-0.1, -0.05) is 30.7 Å². The summed E-state index contributed by atoms with van der Waals surface area (Å²) in [6.07, 6.45) is 2.21. The van der Waals surface area contributed by atoms with Crippen molar-refractivity contribution in [2.24, 2.45) is 0 Å². The fraction of sp³-hybridized carbons (Fsp3) is 0.292. The Balaban J connectivity index is 1.47. The Kier molecular flexibility index (Phi) is 6.86. The van der Waals surface area contributed by atoms with E-state index >= 15 is 0 Å². The van der Waals surface area contributed by atoms with Crippen LogP contribution < -0.4 is 5.32 Å². The Morgan fingerprint density at radius 1 is 1.19 bits per heavy atom. The topological polar surface area (TPSA) is 62.3 Å². The van der Waals surface area contributed by atoms with Crippen LogP contribution >= 0.6 is 22.9 Å². The van der Waals surface area contributed by atoms with E-state index in [1.54, 1.807) is 35.7 Å². The van der Waals surface area contributed by atoms with E-state index in [0.29, 0.717) is 28.4 Å². The highest BCUT2D eigenvalue weighted by Gasteiger charge is 2.26. The molecule has 0 radical (unpaired) electrons. The van der Waals surface area contributed by atoms with Gasteiger partial charge in [0.05, 0.1) is 5.01 Å². The van der Waals surface area contributed by atoms with Crippen molar-refractivity contribution < 1.29 is 14.0 Å². The third kappa shape index (κ3) is 5.00. The normalized spacial score (nSPS) is 14.4. The van der Waals surface area contributed by atoms with E-state index in [9.17, 15) is 14.0 Å². The number of hydrogen-bond acceptors (Lipinski definition) is 4. The monoisotopic (exact) mass is 471 g/mol. The van der Waals surface area contributed by atoms with Crippen LogP contribution in [0.15, 0.2) is 47.8 Å². The predicted octanol–water partition coefficient (Wildman–Crippen LogP) is 5.97. The smallest absolute Gasteiger partial charge is 0.275 e. The van der Waals surface area contributed by atoms with E-state index in [0.717, 1.165) is 36.5 Å². The number of anilines is 1. The average molecular weight is 472 g/mol. The number of benzene rings is 2. The summed E-state index contributed by atoms with van der Waals surface area (Å²) < 4.78 is 13.9. The molecule has 0 unspecified atom stereocenters. The average Bonchev–Trinajstić information content (AvgIpc) is 3.31. The number of halogens is 2. The van der Waals surface area contributed by atoms with Crippen LogP contribution in [0.1, 0.15) is 47.6 Å². The van der Waals surface area contributed by atoms with Crippen LogP contribution in [-0.4, -0.2) is 34.8 Å². The minimum Gasteiger partial charge on any atom is -0.343 e. The highest BCUT2D eigenvalue weighted by atomic mass is 35.5. The fourth-order valence-corrected chi connectivity index (χ4v) is 4.96. The van der Waals surface area contributed by atoms with Gasteiger partial charge in [0.15, 0.2) is 0 Å². The highest BCUT2D eigenvalue weighted by molar-refractivity contribution is 7.10. The summed E-state index contributed by atoms with van der Waals surface area (Å²) in [7, 11) is 0. The number of nitrogens with one attached hydrogen (secondary N) is 1. The van der Waals surface area contributed by atoms with Gasteiger partial charge in [-0.05, 0) is 48.7 Å². The highest BCUT2D eigenvalue weighted by Crippen LogP contribution is 2.32. The van der Waals surface area contributed by atoms with Crippen LogP contribution in [0, 0.1) is 5.82 Å². The lowest BCUT2D eigenvalue weighted by molar-refractivity contribution is -0.131. The van der Waals surface area contributed by atoms with Gasteiger partial charge in [-0.2, -0.15) is 0 Å². The summed E-state index contributed by atoms with van der Waals surface area (Å²) in [4.78, 5) is 31.2. The van der Waals surface area contributed by atoms with E-state index < -0.39 is 5.82 Å². The molecule has 8 heteroatoms. The van der Waals surface area contributed by atoms with Crippen molar-refractivity contribution in [1.82, 2.24) is 9.88 Å². The summed E-state index contributed by atoms with van der Waals surface area (Å²) in [5, 5.41) is 6.11. The second-order valence-electron chi connectivity index (χ2n) is 7.73. The van der Waals surface area contributed by atoms with Crippen molar-refractivity contribution >= 4 is 40.4 Å². The predicted molar refractivity (Wildman–Crippen MR) is 126 cm³/mol. The number of thiazole rings is 1. The molecule has 0 spiro atoms. The van der Waals surface area contributed by atoms with Gasteiger partial charge in [-0.25, -0.2) is 9.37 Å². The van der Waals surface area contributed by atoms with Crippen molar-refractivity contribution in [3.63, 3.8) is 0 Å². The third-order valence-corrected chi connectivity index (χ3v) is 6.90. The van der Waals surface area contributed by atoms with E-state index in [4.69, 9.17) is 11.6 Å². The summed E-state index contributed by atoms with van der Waals surface area (Å²) in [5.74, 6) is -0.305. The van der Waals surface area contributed by atoms with E-state index in [-0.39, 0.29) is 17.7 Å². The van der Waals surface area contributed by atoms with E-state index in [1.807, 2.05) is 11.8 Å². The Hall–Kier alpha value is -2.77. The zero-order valence-corrected chi connectivity index (χ0v) is 19.2. The summed E-state index contributed by atoms with van der Waals surface area (Å²) in [6, 6.07) is 11.3. The summed E-state index contributed by atoms with van der Waals surface area (Å²) in [5.41, 5.74) is 2.15. The molecular weight excluding hydrogens is 449 g/mol. The summed E-state index contributed by atoms with van der Waals surface area (Å²) >= 11 is 7.43. The van der Waals surface area contributed by atoms with Gasteiger partial charge in [-0.15, -0.1) is 11.3 Å². The van der Waals surface area contributed by atoms with Gasteiger partial charge in [-0.3, -0.25) is 9.59 Å². The lowest BCUT2D eigenvalue weighted by Gasteiger charge is -2.30. The number of carbonyl (C=O) groups excluding carboxylic acids is 2. The molecule has 2 amide bonds. The first-order valence-electron chi connectivity index (χ1n) is 10.5. The first-order chi connectivity index (χ1) is 15.4. The van der Waals surface area contributed by atoms with Gasteiger partial charge >= 0.3 is 0 Å². The number of hydrogen-bond donors (Lipinski definition) is 1. The molecule has 2 heterocycles. The van der Waals surface area contributed by atoms with Crippen LogP contribution in [0.4, 0.5) is 10.1 Å². The Morgan fingerprint density at radius 2 is 1.91 bits per heavy atom. The molecule has 0 bridgehead atoms. The fourth-order valence-electron chi connectivity index (χ4n) is 3.86. The molecular formula is C24H23ClFN3O2S. The molecule has 4 rings (SSSR count). The second-order valence-corrected chi connectivity index (χ2v) is 9.06. The quantitative estimate of drug-likeness (QED) is 0.498. The molecule has 0 aliphatic carbocycles. The molecule has 3 aromatic rings. The molecule has 1 aliphatic rings. The number of nitrogens with zero attached hydrogens (tertiary/aromatic N) is 2. The molecule has 0 saturated carbocycles. The number of piperidine rings is 1. The van der Waals surface area contributed by atoms with Crippen LogP contribution in [0.5, 0.6) is 0 Å². The minimum atomic E-state index is -0.392. The van der Waals surface area contributed by atoms with Crippen LogP contribution in [-0.2, 0) is 4.79 Å². The number of amides is 2. The van der Waals surface area contributed by atoms with Crippen molar-refractivity contribution in [1.29, 1.82) is 0 Å². The van der Waals surface area contributed by atoms with Crippen molar-refractivity contribution in [3.05, 3.63) is 69.4 Å². The Morgan fingerprint density at radius 3 is 2.59 bits per heavy atom. The van der Waals surface area contributed by atoms with Crippen LogP contribution in [0.3, 0.4) is 0 Å². The lowest BCUT2D eigenvalue weighted by atomic mass is 9.97.